The zero-order chi connectivity index (χ0) is 22.6. The van der Waals surface area contributed by atoms with E-state index in [9.17, 15) is 28.8 Å². The molecule has 0 aliphatic heterocycles. The highest BCUT2D eigenvalue weighted by Gasteiger charge is 2.38. The summed E-state index contributed by atoms with van der Waals surface area (Å²) >= 11 is 0. The third kappa shape index (κ3) is 2.46. The Hall–Kier alpha value is -4.62. The van der Waals surface area contributed by atoms with Gasteiger partial charge in [-0.25, -0.2) is 13.2 Å². The molecule has 0 saturated carbocycles. The third-order valence-corrected chi connectivity index (χ3v) is 5.55. The number of phenols is 1. The molecule has 5 rings (SSSR count). The van der Waals surface area contributed by atoms with Crippen molar-refractivity contribution >= 4 is 16.7 Å². The van der Waals surface area contributed by atoms with E-state index in [-0.39, 0.29) is 33.6 Å². The van der Waals surface area contributed by atoms with Gasteiger partial charge in [-0.15, -0.1) is 0 Å². The summed E-state index contributed by atoms with van der Waals surface area (Å²) in [6.07, 6.45) is 3.69. The molecule has 3 aromatic rings. The monoisotopic (exact) mass is 425 g/mol. The Morgan fingerprint density at radius 3 is 2.28 bits per heavy atom. The average Bonchev–Trinajstić information content (AvgIpc) is 3.26. The molecule has 32 heavy (non-hydrogen) atoms. The van der Waals surface area contributed by atoms with Crippen LogP contribution in [0.1, 0.15) is 22.3 Å². The minimum absolute atomic E-state index is 0.0152. The van der Waals surface area contributed by atoms with E-state index in [1.165, 1.54) is 6.07 Å². The molecule has 0 fully saturated rings. The van der Waals surface area contributed by atoms with Crippen molar-refractivity contribution in [2.45, 2.75) is 0 Å². The maximum atomic E-state index is 14.9. The molecule has 2 aromatic carbocycles. The summed E-state index contributed by atoms with van der Waals surface area (Å²) in [4.78, 5) is 4.36. The molecule has 1 N–H and O–H groups in total. The number of halogens is 3. The summed E-state index contributed by atoms with van der Waals surface area (Å²) in [5.41, 5.74) is 2.56. The quantitative estimate of drug-likeness (QED) is 0.297. The van der Waals surface area contributed by atoms with Gasteiger partial charge in [0.2, 0.25) is 0 Å². The van der Waals surface area contributed by atoms with E-state index >= 15 is 0 Å². The highest BCUT2D eigenvalue weighted by atomic mass is 19.2. The van der Waals surface area contributed by atoms with Gasteiger partial charge in [0.15, 0.2) is 17.5 Å². The number of nitrogens with zero attached hydrogens (tertiary/aromatic N) is 3. The van der Waals surface area contributed by atoms with Crippen molar-refractivity contribution in [3.05, 3.63) is 100 Å². The molecule has 0 unspecified atom stereocenters. The summed E-state index contributed by atoms with van der Waals surface area (Å²) in [5.74, 6) is -4.55. The highest BCUT2D eigenvalue weighted by molar-refractivity contribution is 6.19. The van der Waals surface area contributed by atoms with Crippen LogP contribution in [0.4, 0.5) is 13.2 Å². The molecule has 1 aromatic heterocycles. The van der Waals surface area contributed by atoms with E-state index in [0.717, 1.165) is 18.2 Å². The zero-order valence-electron chi connectivity index (χ0n) is 16.1. The van der Waals surface area contributed by atoms with Gasteiger partial charge in [-0.3, -0.25) is 4.98 Å². The van der Waals surface area contributed by atoms with Gasteiger partial charge in [-0.2, -0.15) is 10.5 Å². The Balaban J connectivity index is 2.00. The number of allylic oxidation sites excluding steroid dienone is 5. The largest absolute Gasteiger partial charge is 0.507 e. The number of hydrogen-bond acceptors (Lipinski definition) is 4. The Kier molecular flexibility index (Phi) is 4.21. The molecule has 0 spiro atoms. The number of benzene rings is 2. The van der Waals surface area contributed by atoms with E-state index in [4.69, 9.17) is 0 Å². The van der Waals surface area contributed by atoms with Crippen LogP contribution in [0.3, 0.4) is 0 Å². The summed E-state index contributed by atoms with van der Waals surface area (Å²) in [7, 11) is 0. The maximum Gasteiger partial charge on any atom is 0.195 e. The molecule has 152 valence electrons. The van der Waals surface area contributed by atoms with Crippen LogP contribution in [0, 0.1) is 40.1 Å². The zero-order valence-corrected chi connectivity index (χ0v) is 16.1. The van der Waals surface area contributed by atoms with E-state index in [0.29, 0.717) is 28.0 Å². The van der Waals surface area contributed by atoms with E-state index in [1.807, 2.05) is 12.1 Å². The first-order chi connectivity index (χ1) is 15.5. The molecule has 1 heterocycles. The van der Waals surface area contributed by atoms with Gasteiger partial charge in [0.1, 0.15) is 5.75 Å². The Bertz CT molecular complexity index is 1540. The fourth-order valence-electron chi connectivity index (χ4n) is 4.39. The predicted octanol–water partition coefficient (Wildman–Crippen LogP) is 5.51. The summed E-state index contributed by atoms with van der Waals surface area (Å²) in [6.45, 7) is 0. The number of phenolic OH excluding ortho intramolecular Hbond substituents is 1. The second-order valence-electron chi connectivity index (χ2n) is 7.13. The number of aromatic nitrogens is 1. The normalized spacial score (nSPS) is 18.3. The van der Waals surface area contributed by atoms with Crippen molar-refractivity contribution in [1.82, 2.24) is 4.98 Å². The lowest BCUT2D eigenvalue weighted by Gasteiger charge is -2.11. The lowest BCUT2D eigenvalue weighted by molar-refractivity contribution is 0.445. The van der Waals surface area contributed by atoms with E-state index in [2.05, 4.69) is 4.98 Å². The highest BCUT2D eigenvalue weighted by Crippen LogP contribution is 2.56. The van der Waals surface area contributed by atoms with Crippen LogP contribution in [0.25, 0.3) is 28.0 Å². The maximum absolute atomic E-state index is 14.9. The Morgan fingerprint density at radius 1 is 0.812 bits per heavy atom. The molecular formula is C25H10F3N3O. The van der Waals surface area contributed by atoms with Gasteiger partial charge < -0.3 is 5.11 Å². The minimum atomic E-state index is -1.67. The van der Waals surface area contributed by atoms with E-state index in [1.54, 1.807) is 30.5 Å². The molecule has 0 bridgehead atoms. The first kappa shape index (κ1) is 19.3. The van der Waals surface area contributed by atoms with Gasteiger partial charge in [-0.05, 0) is 29.3 Å². The number of nitriles is 2. The topological polar surface area (TPSA) is 80.7 Å². The van der Waals surface area contributed by atoms with Crippen molar-refractivity contribution in [3.63, 3.8) is 0 Å². The van der Waals surface area contributed by atoms with E-state index < -0.39 is 17.5 Å². The van der Waals surface area contributed by atoms with Crippen molar-refractivity contribution in [2.75, 3.05) is 0 Å². The second-order valence-corrected chi connectivity index (χ2v) is 7.13. The smallest absolute Gasteiger partial charge is 0.195 e. The fraction of sp³-hybridized carbons (Fsp3) is 0. The van der Waals surface area contributed by atoms with Gasteiger partial charge in [0.05, 0.1) is 23.4 Å². The molecule has 0 radical (unpaired) electrons. The summed E-state index contributed by atoms with van der Waals surface area (Å²) in [5, 5.41) is 29.3. The number of aromatic hydroxyl groups is 1. The average molecular weight is 425 g/mol. The lowest BCUT2D eigenvalue weighted by Crippen LogP contribution is -1.97. The van der Waals surface area contributed by atoms with Crippen LogP contribution >= 0.6 is 0 Å². The molecular weight excluding hydrogens is 415 g/mol. The van der Waals surface area contributed by atoms with Crippen LogP contribution < -0.4 is 0 Å². The van der Waals surface area contributed by atoms with Crippen molar-refractivity contribution in [1.29, 1.82) is 10.5 Å². The minimum Gasteiger partial charge on any atom is -0.507 e. The standard InChI is InChI=1S/C25H10F3N3O/c26-17-11-16-12(6-8-29)19(14(7-9-30)21(16)24(28)23(17)27)20-13-3-1-5-18(32)22(13)25-15(20)4-2-10-31-25/h1-7,10-11,32H/b12-6+,14-7-,20-19-. The van der Waals surface area contributed by atoms with Crippen LogP contribution in [0.15, 0.2) is 60.3 Å². The van der Waals surface area contributed by atoms with Crippen LogP contribution in [-0.2, 0) is 0 Å². The van der Waals surface area contributed by atoms with Crippen molar-refractivity contribution in [2.24, 2.45) is 0 Å². The molecule has 0 atom stereocenters. The molecule has 0 amide bonds. The van der Waals surface area contributed by atoms with Crippen molar-refractivity contribution in [3.8, 4) is 29.1 Å². The van der Waals surface area contributed by atoms with Crippen molar-refractivity contribution < 1.29 is 18.3 Å². The molecule has 2 aliphatic rings. The second kappa shape index (κ2) is 6.97. The van der Waals surface area contributed by atoms with Gasteiger partial charge >= 0.3 is 0 Å². The molecule has 7 heteroatoms. The summed E-state index contributed by atoms with van der Waals surface area (Å²) in [6, 6.07) is 12.8. The molecule has 4 nitrogen and oxygen atoms in total. The number of fused-ring (bicyclic) bond motifs is 4. The Labute approximate surface area is 180 Å². The SMILES string of the molecule is N#C/C=C1C(=C2\c3cccnc3-c3c(O)cccc32)/C(=C/C#N)c2cc(F)c(F)c(F)c2/1. The predicted molar refractivity (Wildman–Crippen MR) is 111 cm³/mol. The molecule has 0 saturated heterocycles. The van der Waals surface area contributed by atoms with Gasteiger partial charge in [-0.1, -0.05) is 18.2 Å². The van der Waals surface area contributed by atoms with Crippen LogP contribution in [0.5, 0.6) is 5.75 Å². The summed E-state index contributed by atoms with van der Waals surface area (Å²) < 4.78 is 43.2. The first-order valence-corrected chi connectivity index (χ1v) is 9.40. The number of rotatable bonds is 0. The number of hydrogen-bond donors (Lipinski definition) is 1. The fourth-order valence-corrected chi connectivity index (χ4v) is 4.39. The van der Waals surface area contributed by atoms with Crippen LogP contribution in [0.2, 0.25) is 0 Å². The Morgan fingerprint density at radius 2 is 1.53 bits per heavy atom. The van der Waals surface area contributed by atoms with Crippen LogP contribution in [-0.4, -0.2) is 10.1 Å². The van der Waals surface area contributed by atoms with Gasteiger partial charge in [0.25, 0.3) is 0 Å². The third-order valence-electron chi connectivity index (χ3n) is 5.55. The lowest BCUT2D eigenvalue weighted by atomic mass is 9.91. The molecule has 2 aliphatic carbocycles. The number of pyridine rings is 1. The first-order valence-electron chi connectivity index (χ1n) is 9.40. The van der Waals surface area contributed by atoms with Gasteiger partial charge in [0, 0.05) is 51.8 Å².